The molecule has 0 unspecified atom stereocenters. The normalized spacial score (nSPS) is 10.4. The Morgan fingerprint density at radius 2 is 1.88 bits per heavy atom. The molecule has 0 bridgehead atoms. The van der Waals surface area contributed by atoms with Crippen LogP contribution in [0, 0.1) is 0 Å². The largest absolute Gasteiger partial charge is 0.244 e. The van der Waals surface area contributed by atoms with Gasteiger partial charge in [-0.2, -0.15) is 0 Å². The van der Waals surface area contributed by atoms with E-state index in [-0.39, 0.29) is 0 Å². The molecule has 0 radical (unpaired) electrons. The van der Waals surface area contributed by atoms with Crippen molar-refractivity contribution in [1.82, 2.24) is 19.9 Å². The van der Waals surface area contributed by atoms with Gasteiger partial charge in [-0.1, -0.05) is 24.9 Å². The summed E-state index contributed by atoms with van der Waals surface area (Å²) < 4.78 is 0. The minimum atomic E-state index is 0.510. The zero-order valence-corrected chi connectivity index (χ0v) is 9.65. The summed E-state index contributed by atoms with van der Waals surface area (Å²) >= 11 is 6.07. The minimum absolute atomic E-state index is 0.510. The second kappa shape index (κ2) is 4.99. The summed E-state index contributed by atoms with van der Waals surface area (Å²) in [5.74, 6) is 0. The van der Waals surface area contributed by atoms with E-state index in [0.29, 0.717) is 5.15 Å². The highest BCUT2D eigenvalue weighted by atomic mass is 35.5. The molecular weight excluding hydrogens is 224 g/mol. The third kappa shape index (κ3) is 2.17. The first-order chi connectivity index (χ1) is 7.83. The molecule has 0 fully saturated rings. The predicted octanol–water partition coefficient (Wildman–Crippen LogP) is 2.54. The first kappa shape index (κ1) is 11.0. The lowest BCUT2D eigenvalue weighted by Gasteiger charge is -2.07. The molecule has 82 valence electrons. The van der Waals surface area contributed by atoms with Crippen molar-refractivity contribution < 1.29 is 0 Å². The van der Waals surface area contributed by atoms with E-state index in [4.69, 9.17) is 11.6 Å². The summed E-state index contributed by atoms with van der Waals surface area (Å²) in [5.41, 5.74) is 2.65. The van der Waals surface area contributed by atoms with Crippen LogP contribution in [-0.4, -0.2) is 19.9 Å². The molecule has 0 N–H and O–H groups in total. The van der Waals surface area contributed by atoms with Gasteiger partial charge in [0.15, 0.2) is 0 Å². The molecule has 0 amide bonds. The van der Waals surface area contributed by atoms with Crippen molar-refractivity contribution in [3.8, 4) is 11.3 Å². The van der Waals surface area contributed by atoms with Crippen LogP contribution >= 0.6 is 11.6 Å². The van der Waals surface area contributed by atoms with Gasteiger partial charge in [0.1, 0.15) is 17.8 Å². The summed E-state index contributed by atoms with van der Waals surface area (Å²) in [6, 6.07) is 0. The van der Waals surface area contributed by atoms with Crippen LogP contribution in [0.3, 0.4) is 0 Å². The number of hydrogen-bond donors (Lipinski definition) is 0. The first-order valence-corrected chi connectivity index (χ1v) is 5.45. The summed E-state index contributed by atoms with van der Waals surface area (Å²) in [6.07, 6.45) is 8.25. The zero-order chi connectivity index (χ0) is 11.4. The molecule has 2 aromatic heterocycles. The average Bonchev–Trinajstić information content (AvgIpc) is 2.33. The van der Waals surface area contributed by atoms with E-state index in [9.17, 15) is 0 Å². The van der Waals surface area contributed by atoms with Crippen LogP contribution in [0.2, 0.25) is 5.15 Å². The maximum absolute atomic E-state index is 6.07. The van der Waals surface area contributed by atoms with E-state index >= 15 is 0 Å². The monoisotopic (exact) mass is 234 g/mol. The Hall–Kier alpha value is -1.55. The quantitative estimate of drug-likeness (QED) is 0.766. The van der Waals surface area contributed by atoms with Crippen LogP contribution in [0.4, 0.5) is 0 Å². The third-order valence-corrected chi connectivity index (χ3v) is 2.55. The lowest BCUT2D eigenvalue weighted by atomic mass is 10.1. The lowest BCUT2D eigenvalue weighted by molar-refractivity contribution is 0.903. The van der Waals surface area contributed by atoms with Gasteiger partial charge in [-0.25, -0.2) is 19.9 Å². The van der Waals surface area contributed by atoms with E-state index < -0.39 is 0 Å². The Bertz CT molecular complexity index is 473. The average molecular weight is 235 g/mol. The summed E-state index contributed by atoms with van der Waals surface area (Å²) in [7, 11) is 0. The molecule has 0 spiro atoms. The predicted molar refractivity (Wildman–Crippen MR) is 62.1 cm³/mol. The summed E-state index contributed by atoms with van der Waals surface area (Å²) in [4.78, 5) is 16.2. The van der Waals surface area contributed by atoms with Crippen molar-refractivity contribution in [2.24, 2.45) is 0 Å². The van der Waals surface area contributed by atoms with Crippen LogP contribution in [0.1, 0.15) is 18.9 Å². The van der Waals surface area contributed by atoms with Gasteiger partial charge in [0.2, 0.25) is 0 Å². The number of hydrogen-bond acceptors (Lipinski definition) is 4. The van der Waals surface area contributed by atoms with Gasteiger partial charge in [-0.15, -0.1) is 0 Å². The maximum atomic E-state index is 6.07. The Morgan fingerprint density at radius 1 is 1.12 bits per heavy atom. The van der Waals surface area contributed by atoms with Gasteiger partial charge in [0.25, 0.3) is 0 Å². The fourth-order valence-electron chi connectivity index (χ4n) is 1.53. The minimum Gasteiger partial charge on any atom is -0.244 e. The molecule has 2 heterocycles. The van der Waals surface area contributed by atoms with Crippen molar-refractivity contribution in [2.75, 3.05) is 0 Å². The lowest BCUT2D eigenvalue weighted by Crippen LogP contribution is -1.97. The fourth-order valence-corrected chi connectivity index (χ4v) is 1.76. The SMILES string of the molecule is CCCc1c(Cl)ncnc1-c1cncnc1. The number of halogens is 1. The highest BCUT2D eigenvalue weighted by Gasteiger charge is 2.11. The fraction of sp³-hybridized carbons (Fsp3) is 0.273. The maximum Gasteiger partial charge on any atom is 0.136 e. The molecule has 16 heavy (non-hydrogen) atoms. The second-order valence-electron chi connectivity index (χ2n) is 3.37. The van der Waals surface area contributed by atoms with Crippen molar-refractivity contribution in [2.45, 2.75) is 19.8 Å². The van der Waals surface area contributed by atoms with Gasteiger partial charge in [0, 0.05) is 23.5 Å². The molecule has 4 nitrogen and oxygen atoms in total. The highest BCUT2D eigenvalue weighted by Crippen LogP contribution is 2.25. The molecule has 0 aliphatic rings. The van der Waals surface area contributed by atoms with Gasteiger partial charge < -0.3 is 0 Å². The Morgan fingerprint density at radius 3 is 2.56 bits per heavy atom. The van der Waals surface area contributed by atoms with Crippen molar-refractivity contribution in [3.63, 3.8) is 0 Å². The smallest absolute Gasteiger partial charge is 0.136 e. The molecule has 0 aliphatic carbocycles. The highest BCUT2D eigenvalue weighted by molar-refractivity contribution is 6.30. The molecular formula is C11H11ClN4. The molecule has 0 aromatic carbocycles. The van der Waals surface area contributed by atoms with Gasteiger partial charge >= 0.3 is 0 Å². The van der Waals surface area contributed by atoms with E-state index in [2.05, 4.69) is 26.9 Å². The van der Waals surface area contributed by atoms with Crippen molar-refractivity contribution >= 4 is 11.6 Å². The van der Waals surface area contributed by atoms with E-state index in [1.165, 1.54) is 12.7 Å². The topological polar surface area (TPSA) is 51.6 Å². The van der Waals surface area contributed by atoms with Crippen molar-refractivity contribution in [1.29, 1.82) is 0 Å². The molecule has 0 atom stereocenters. The van der Waals surface area contributed by atoms with Crippen LogP contribution in [0.5, 0.6) is 0 Å². The van der Waals surface area contributed by atoms with Gasteiger partial charge in [-0.3, -0.25) is 0 Å². The van der Waals surface area contributed by atoms with E-state index in [1.54, 1.807) is 12.4 Å². The van der Waals surface area contributed by atoms with Crippen LogP contribution in [-0.2, 0) is 6.42 Å². The number of aromatic nitrogens is 4. The molecule has 0 aliphatic heterocycles. The number of rotatable bonds is 3. The number of nitrogens with zero attached hydrogens (tertiary/aromatic N) is 4. The Balaban J connectivity index is 2.52. The standard InChI is InChI=1S/C11H11ClN4/c1-2-3-9-10(15-7-16-11(9)12)8-4-13-6-14-5-8/h4-7H,2-3H2,1H3. The van der Waals surface area contributed by atoms with E-state index in [1.807, 2.05) is 0 Å². The molecule has 2 rings (SSSR count). The third-order valence-electron chi connectivity index (χ3n) is 2.23. The Kier molecular flexibility index (Phi) is 3.41. The molecule has 5 heteroatoms. The zero-order valence-electron chi connectivity index (χ0n) is 8.89. The Labute approximate surface area is 98.8 Å². The van der Waals surface area contributed by atoms with Gasteiger partial charge in [0.05, 0.1) is 5.69 Å². The van der Waals surface area contributed by atoms with Crippen LogP contribution in [0.15, 0.2) is 25.0 Å². The van der Waals surface area contributed by atoms with Gasteiger partial charge in [-0.05, 0) is 6.42 Å². The van der Waals surface area contributed by atoms with Crippen LogP contribution in [0.25, 0.3) is 11.3 Å². The molecule has 0 saturated carbocycles. The van der Waals surface area contributed by atoms with Crippen molar-refractivity contribution in [3.05, 3.63) is 35.8 Å². The summed E-state index contributed by atoms with van der Waals surface area (Å²) in [5, 5.41) is 0.510. The van der Waals surface area contributed by atoms with Crippen LogP contribution < -0.4 is 0 Å². The molecule has 0 saturated heterocycles. The molecule has 2 aromatic rings. The first-order valence-electron chi connectivity index (χ1n) is 5.07. The van der Waals surface area contributed by atoms with E-state index in [0.717, 1.165) is 29.7 Å². The second-order valence-corrected chi connectivity index (χ2v) is 3.73. The summed E-state index contributed by atoms with van der Waals surface area (Å²) in [6.45, 7) is 2.09.